The van der Waals surface area contributed by atoms with Gasteiger partial charge in [-0.25, -0.2) is 4.79 Å². The molecule has 1 aliphatic rings. The Kier molecular flexibility index (Phi) is 3.98. The lowest BCUT2D eigenvalue weighted by Gasteiger charge is -2.06. The van der Waals surface area contributed by atoms with E-state index in [0.717, 1.165) is 5.39 Å². The van der Waals surface area contributed by atoms with E-state index >= 15 is 0 Å². The number of halogens is 2. The molecule has 1 fully saturated rings. The van der Waals surface area contributed by atoms with Gasteiger partial charge in [0.15, 0.2) is 0 Å². The van der Waals surface area contributed by atoms with E-state index in [0.29, 0.717) is 11.3 Å². The number of allylic oxidation sites excluding steroid dienone is 1. The second-order valence-electron chi connectivity index (χ2n) is 6.16. The van der Waals surface area contributed by atoms with Crippen molar-refractivity contribution >= 4 is 40.1 Å². The molecule has 0 amide bonds. The molecule has 0 bridgehead atoms. The molecule has 2 atom stereocenters. The van der Waals surface area contributed by atoms with Crippen LogP contribution in [0.15, 0.2) is 50.1 Å². The van der Waals surface area contributed by atoms with Gasteiger partial charge in [-0.15, -0.1) is 0 Å². The van der Waals surface area contributed by atoms with Crippen LogP contribution < -0.4 is 10.4 Å². The van der Waals surface area contributed by atoms with Gasteiger partial charge < -0.3 is 9.15 Å². The second-order valence-corrected chi connectivity index (χ2v) is 7.16. The van der Waals surface area contributed by atoms with Crippen LogP contribution in [0, 0.1) is 17.3 Å². The van der Waals surface area contributed by atoms with E-state index in [9.17, 15) is 9.59 Å². The van der Waals surface area contributed by atoms with Crippen LogP contribution in [0.4, 0.5) is 0 Å². The third kappa shape index (κ3) is 3.14. The molecule has 0 N–H and O–H groups in total. The highest BCUT2D eigenvalue weighted by molar-refractivity contribution is 6.55. The fraction of sp³-hybridized carbons (Fsp3) is 0.294. The van der Waals surface area contributed by atoms with Crippen LogP contribution in [0.1, 0.15) is 13.8 Å². The molecule has 23 heavy (non-hydrogen) atoms. The van der Waals surface area contributed by atoms with Crippen molar-refractivity contribution in [2.45, 2.75) is 13.8 Å². The highest BCUT2D eigenvalue weighted by atomic mass is 35.5. The number of carbonyl (C=O) groups is 1. The Hall–Kier alpha value is -1.78. The van der Waals surface area contributed by atoms with Gasteiger partial charge in [-0.2, -0.15) is 0 Å². The molecule has 1 saturated carbocycles. The Bertz CT molecular complexity index is 862. The first-order chi connectivity index (χ1) is 10.8. The lowest BCUT2D eigenvalue weighted by atomic mass is 10.1. The van der Waals surface area contributed by atoms with Crippen molar-refractivity contribution in [3.05, 3.63) is 51.3 Å². The Morgan fingerprint density at radius 2 is 1.96 bits per heavy atom. The number of benzene rings is 1. The molecule has 0 aliphatic heterocycles. The van der Waals surface area contributed by atoms with Gasteiger partial charge in [0.1, 0.15) is 15.8 Å². The molecular formula is C17H14Cl2O4. The Labute approximate surface area is 142 Å². The lowest BCUT2D eigenvalue weighted by molar-refractivity contribution is -0.136. The summed E-state index contributed by atoms with van der Waals surface area (Å²) in [5.74, 6) is -0.394. The summed E-state index contributed by atoms with van der Waals surface area (Å²) >= 11 is 11.4. The molecule has 0 radical (unpaired) electrons. The number of hydrogen-bond donors (Lipinski definition) is 0. The maximum Gasteiger partial charge on any atom is 0.336 e. The minimum Gasteiger partial charge on any atom is -0.426 e. The largest absolute Gasteiger partial charge is 0.426 e. The summed E-state index contributed by atoms with van der Waals surface area (Å²) in [6, 6.07) is 7.91. The fourth-order valence-corrected chi connectivity index (χ4v) is 3.13. The van der Waals surface area contributed by atoms with Gasteiger partial charge >= 0.3 is 11.6 Å². The van der Waals surface area contributed by atoms with Crippen molar-refractivity contribution in [1.29, 1.82) is 0 Å². The Morgan fingerprint density at radius 3 is 2.65 bits per heavy atom. The van der Waals surface area contributed by atoms with Crippen LogP contribution in [0.5, 0.6) is 5.75 Å². The Balaban J connectivity index is 1.81. The molecule has 1 heterocycles. The average molecular weight is 353 g/mol. The van der Waals surface area contributed by atoms with Crippen molar-refractivity contribution in [3.63, 3.8) is 0 Å². The molecule has 4 nitrogen and oxygen atoms in total. The zero-order valence-corrected chi connectivity index (χ0v) is 14.0. The summed E-state index contributed by atoms with van der Waals surface area (Å²) < 4.78 is 10.6. The number of hydrogen-bond acceptors (Lipinski definition) is 4. The van der Waals surface area contributed by atoms with Crippen LogP contribution in [0.3, 0.4) is 0 Å². The monoisotopic (exact) mass is 352 g/mol. The standard InChI is InChI=1S/C17H14Cl2O4/c1-17(2)11(8-13(18)19)15(17)16(21)22-10-5-3-9-4-6-14(20)23-12(9)7-10/h3-8,11,15H,1-2H3/t11-,15-/m1/s1. The van der Waals surface area contributed by atoms with E-state index in [1.165, 1.54) is 12.1 Å². The first-order valence-corrected chi connectivity index (χ1v) is 7.83. The van der Waals surface area contributed by atoms with Crippen molar-refractivity contribution in [3.8, 4) is 5.75 Å². The number of ether oxygens (including phenoxy) is 1. The van der Waals surface area contributed by atoms with Crippen molar-refractivity contribution in [1.82, 2.24) is 0 Å². The zero-order valence-electron chi connectivity index (χ0n) is 12.5. The first kappa shape index (κ1) is 16.1. The molecule has 0 unspecified atom stereocenters. The molecule has 0 spiro atoms. The summed E-state index contributed by atoms with van der Waals surface area (Å²) in [4.78, 5) is 23.6. The molecule has 2 aromatic rings. The van der Waals surface area contributed by atoms with Gasteiger partial charge in [0.05, 0.1) is 5.92 Å². The van der Waals surface area contributed by atoms with E-state index in [2.05, 4.69) is 0 Å². The van der Waals surface area contributed by atoms with Crippen molar-refractivity contribution in [2.75, 3.05) is 0 Å². The van der Waals surface area contributed by atoms with Gasteiger partial charge in [-0.3, -0.25) is 4.79 Å². The first-order valence-electron chi connectivity index (χ1n) is 7.07. The molecular weight excluding hydrogens is 339 g/mol. The number of rotatable bonds is 3. The maximum absolute atomic E-state index is 12.4. The van der Waals surface area contributed by atoms with E-state index in [1.807, 2.05) is 13.8 Å². The molecule has 0 saturated heterocycles. The van der Waals surface area contributed by atoms with E-state index in [1.54, 1.807) is 24.3 Å². The van der Waals surface area contributed by atoms with Crippen LogP contribution in [0.25, 0.3) is 11.0 Å². The van der Waals surface area contributed by atoms with Crippen LogP contribution in [-0.2, 0) is 4.79 Å². The summed E-state index contributed by atoms with van der Waals surface area (Å²) in [6.07, 6.45) is 1.66. The van der Waals surface area contributed by atoms with Gasteiger partial charge in [0, 0.05) is 17.5 Å². The summed E-state index contributed by atoms with van der Waals surface area (Å²) in [6.45, 7) is 3.91. The molecule has 3 rings (SSSR count). The van der Waals surface area contributed by atoms with Crippen LogP contribution in [0.2, 0.25) is 0 Å². The van der Waals surface area contributed by atoms with E-state index < -0.39 is 5.63 Å². The Morgan fingerprint density at radius 1 is 1.26 bits per heavy atom. The summed E-state index contributed by atoms with van der Waals surface area (Å²) in [5.41, 5.74) is -0.334. The molecule has 6 heteroatoms. The molecule has 1 aromatic carbocycles. The molecule has 1 aromatic heterocycles. The minimum absolute atomic E-state index is 0.0570. The highest BCUT2D eigenvalue weighted by Crippen LogP contribution is 2.60. The normalized spacial score (nSPS) is 21.7. The van der Waals surface area contributed by atoms with Crippen molar-refractivity contribution in [2.24, 2.45) is 17.3 Å². The summed E-state index contributed by atoms with van der Waals surface area (Å²) in [7, 11) is 0. The number of esters is 1. The van der Waals surface area contributed by atoms with Crippen LogP contribution in [-0.4, -0.2) is 5.97 Å². The predicted molar refractivity (Wildman–Crippen MR) is 88.7 cm³/mol. The van der Waals surface area contributed by atoms with Crippen LogP contribution >= 0.6 is 23.2 Å². The molecule has 120 valence electrons. The smallest absolute Gasteiger partial charge is 0.336 e. The number of carbonyl (C=O) groups excluding carboxylic acids is 1. The number of fused-ring (bicyclic) bond motifs is 1. The minimum atomic E-state index is -0.453. The van der Waals surface area contributed by atoms with Gasteiger partial charge in [0.2, 0.25) is 0 Å². The zero-order chi connectivity index (χ0) is 16.8. The third-order valence-corrected chi connectivity index (χ3v) is 4.54. The van der Waals surface area contributed by atoms with Gasteiger partial charge in [-0.05, 0) is 35.6 Å². The quantitative estimate of drug-likeness (QED) is 0.469. The lowest BCUT2D eigenvalue weighted by Crippen LogP contribution is -2.13. The fourth-order valence-electron chi connectivity index (χ4n) is 2.86. The van der Waals surface area contributed by atoms with E-state index in [4.69, 9.17) is 32.4 Å². The molecule has 1 aliphatic carbocycles. The topological polar surface area (TPSA) is 56.5 Å². The van der Waals surface area contributed by atoms with Gasteiger partial charge in [0.25, 0.3) is 0 Å². The second kappa shape index (κ2) is 5.69. The highest BCUT2D eigenvalue weighted by Gasteiger charge is 2.61. The van der Waals surface area contributed by atoms with Crippen molar-refractivity contribution < 1.29 is 13.9 Å². The predicted octanol–water partition coefficient (Wildman–Crippen LogP) is 4.29. The third-order valence-electron chi connectivity index (χ3n) is 4.28. The average Bonchev–Trinajstić information content (AvgIpc) is 2.98. The van der Waals surface area contributed by atoms with E-state index in [-0.39, 0.29) is 27.7 Å². The summed E-state index contributed by atoms with van der Waals surface area (Å²) in [5, 5.41) is 0.755. The SMILES string of the molecule is CC1(C)[C@H](C=C(Cl)Cl)[C@@H]1C(=O)Oc1ccc2ccc(=O)oc2c1. The van der Waals surface area contributed by atoms with Gasteiger partial charge in [-0.1, -0.05) is 37.0 Å². The maximum atomic E-state index is 12.4.